The van der Waals surface area contributed by atoms with Crippen LogP contribution in [0.1, 0.15) is 36.8 Å². The molecule has 82 valence electrons. The normalized spacial score (nSPS) is 17.1. The highest BCUT2D eigenvalue weighted by atomic mass is 16.3. The minimum absolute atomic E-state index is 0.403. The molecule has 1 saturated carbocycles. The first-order valence-corrected chi connectivity index (χ1v) is 5.77. The van der Waals surface area contributed by atoms with Gasteiger partial charge in [-0.05, 0) is 37.0 Å². The van der Waals surface area contributed by atoms with Crippen LogP contribution in [0, 0.1) is 6.92 Å². The average Bonchev–Trinajstić information content (AvgIpc) is 2.73. The molecule has 0 bridgehead atoms. The summed E-state index contributed by atoms with van der Waals surface area (Å²) >= 11 is 0. The van der Waals surface area contributed by atoms with Crippen molar-refractivity contribution in [1.29, 1.82) is 0 Å². The Labute approximate surface area is 91.3 Å². The second-order valence-corrected chi connectivity index (χ2v) is 4.48. The van der Waals surface area contributed by atoms with Gasteiger partial charge in [0.1, 0.15) is 5.75 Å². The summed E-state index contributed by atoms with van der Waals surface area (Å²) in [5.74, 6) is 0.403. The van der Waals surface area contributed by atoms with Gasteiger partial charge in [-0.1, -0.05) is 25.0 Å². The van der Waals surface area contributed by atoms with Crippen LogP contribution >= 0.6 is 0 Å². The third-order valence-electron chi connectivity index (χ3n) is 3.22. The molecule has 0 amide bonds. The monoisotopic (exact) mass is 205 g/mol. The van der Waals surface area contributed by atoms with Crippen molar-refractivity contribution in [2.24, 2.45) is 0 Å². The largest absolute Gasteiger partial charge is 0.508 e. The molecule has 0 radical (unpaired) electrons. The van der Waals surface area contributed by atoms with Crippen LogP contribution in [0.5, 0.6) is 5.75 Å². The Balaban J connectivity index is 1.90. The van der Waals surface area contributed by atoms with E-state index in [0.29, 0.717) is 11.8 Å². The van der Waals surface area contributed by atoms with E-state index in [2.05, 4.69) is 11.4 Å². The van der Waals surface area contributed by atoms with Gasteiger partial charge in [-0.15, -0.1) is 0 Å². The molecule has 15 heavy (non-hydrogen) atoms. The van der Waals surface area contributed by atoms with Gasteiger partial charge in [0.2, 0.25) is 0 Å². The SMILES string of the molecule is Cc1ccc(CNC2CCCC2)cc1O. The number of benzene rings is 1. The average molecular weight is 205 g/mol. The molecule has 0 heterocycles. The smallest absolute Gasteiger partial charge is 0.118 e. The summed E-state index contributed by atoms with van der Waals surface area (Å²) in [4.78, 5) is 0. The van der Waals surface area contributed by atoms with Crippen LogP contribution in [-0.2, 0) is 6.54 Å². The molecule has 2 nitrogen and oxygen atoms in total. The highest BCUT2D eigenvalue weighted by Gasteiger charge is 2.13. The van der Waals surface area contributed by atoms with Gasteiger partial charge in [0.25, 0.3) is 0 Å². The standard InChI is InChI=1S/C13H19NO/c1-10-6-7-11(8-13(10)15)9-14-12-4-2-3-5-12/h6-8,12,14-15H,2-5,9H2,1H3. The van der Waals surface area contributed by atoms with Crippen LogP contribution in [0.15, 0.2) is 18.2 Å². The molecule has 2 heteroatoms. The molecule has 0 unspecified atom stereocenters. The zero-order chi connectivity index (χ0) is 10.7. The van der Waals surface area contributed by atoms with Gasteiger partial charge in [-0.2, -0.15) is 0 Å². The highest BCUT2D eigenvalue weighted by molar-refractivity contribution is 5.35. The number of hydrogen-bond acceptors (Lipinski definition) is 2. The molecular formula is C13H19NO. The number of aromatic hydroxyl groups is 1. The third-order valence-corrected chi connectivity index (χ3v) is 3.22. The van der Waals surface area contributed by atoms with Gasteiger partial charge >= 0.3 is 0 Å². The summed E-state index contributed by atoms with van der Waals surface area (Å²) in [5.41, 5.74) is 2.12. The summed E-state index contributed by atoms with van der Waals surface area (Å²) < 4.78 is 0. The van der Waals surface area contributed by atoms with Crippen molar-refractivity contribution in [2.45, 2.75) is 45.2 Å². The highest BCUT2D eigenvalue weighted by Crippen LogP contribution is 2.20. The third kappa shape index (κ3) is 2.72. The molecule has 0 spiro atoms. The second kappa shape index (κ2) is 4.67. The van der Waals surface area contributed by atoms with Crippen molar-refractivity contribution < 1.29 is 5.11 Å². The Morgan fingerprint density at radius 3 is 2.73 bits per heavy atom. The molecule has 2 rings (SSSR count). The minimum atomic E-state index is 0.403. The summed E-state index contributed by atoms with van der Waals surface area (Å²) in [6, 6.07) is 6.60. The first-order chi connectivity index (χ1) is 7.25. The molecule has 2 N–H and O–H groups in total. The zero-order valence-corrected chi connectivity index (χ0v) is 9.29. The van der Waals surface area contributed by atoms with E-state index in [-0.39, 0.29) is 0 Å². The Hall–Kier alpha value is -1.02. The molecule has 0 saturated heterocycles. The maximum Gasteiger partial charge on any atom is 0.118 e. The number of phenols is 1. The molecule has 1 aromatic rings. The number of aryl methyl sites for hydroxylation is 1. The number of hydrogen-bond donors (Lipinski definition) is 2. The summed E-state index contributed by atoms with van der Waals surface area (Å²) in [6.07, 6.45) is 5.32. The molecule has 1 aliphatic carbocycles. The van der Waals surface area contributed by atoms with Gasteiger partial charge in [-0.25, -0.2) is 0 Å². The van der Waals surface area contributed by atoms with Crippen LogP contribution in [0.2, 0.25) is 0 Å². The van der Waals surface area contributed by atoms with Crippen molar-refractivity contribution in [3.8, 4) is 5.75 Å². The van der Waals surface area contributed by atoms with E-state index in [1.54, 1.807) is 0 Å². The first kappa shape index (κ1) is 10.5. The van der Waals surface area contributed by atoms with Gasteiger partial charge < -0.3 is 10.4 Å². The molecule has 1 aromatic carbocycles. The lowest BCUT2D eigenvalue weighted by Gasteiger charge is -2.12. The maximum atomic E-state index is 9.56. The predicted molar refractivity (Wildman–Crippen MR) is 61.9 cm³/mol. The molecule has 1 fully saturated rings. The van der Waals surface area contributed by atoms with Gasteiger partial charge in [-0.3, -0.25) is 0 Å². The van der Waals surface area contributed by atoms with Crippen molar-refractivity contribution in [2.75, 3.05) is 0 Å². The zero-order valence-electron chi connectivity index (χ0n) is 9.29. The van der Waals surface area contributed by atoms with Crippen LogP contribution < -0.4 is 5.32 Å². The van der Waals surface area contributed by atoms with Gasteiger partial charge in [0.05, 0.1) is 0 Å². The lowest BCUT2D eigenvalue weighted by atomic mass is 10.1. The van der Waals surface area contributed by atoms with Crippen LogP contribution in [-0.4, -0.2) is 11.1 Å². The lowest BCUT2D eigenvalue weighted by molar-refractivity contribution is 0.468. The van der Waals surface area contributed by atoms with E-state index in [0.717, 1.165) is 12.1 Å². The molecule has 0 aliphatic heterocycles. The second-order valence-electron chi connectivity index (χ2n) is 4.48. The maximum absolute atomic E-state index is 9.56. The quantitative estimate of drug-likeness (QED) is 0.795. The van der Waals surface area contributed by atoms with E-state index >= 15 is 0 Å². The Morgan fingerprint density at radius 1 is 1.33 bits per heavy atom. The molecule has 0 aromatic heterocycles. The summed E-state index contributed by atoms with van der Waals surface area (Å²) in [6.45, 7) is 2.79. The number of phenolic OH excluding ortho intramolecular Hbond substituents is 1. The molecule has 0 atom stereocenters. The van der Waals surface area contributed by atoms with Crippen LogP contribution in [0.3, 0.4) is 0 Å². The van der Waals surface area contributed by atoms with E-state index in [4.69, 9.17) is 0 Å². The van der Waals surface area contributed by atoms with E-state index in [1.165, 1.54) is 31.2 Å². The van der Waals surface area contributed by atoms with E-state index in [9.17, 15) is 5.11 Å². The summed E-state index contributed by atoms with van der Waals surface area (Å²) in [7, 11) is 0. The van der Waals surface area contributed by atoms with Crippen molar-refractivity contribution in [3.05, 3.63) is 29.3 Å². The Bertz CT molecular complexity index is 329. The fourth-order valence-electron chi connectivity index (χ4n) is 2.16. The fraction of sp³-hybridized carbons (Fsp3) is 0.538. The van der Waals surface area contributed by atoms with E-state index in [1.807, 2.05) is 19.1 Å². The van der Waals surface area contributed by atoms with Crippen molar-refractivity contribution in [3.63, 3.8) is 0 Å². The summed E-state index contributed by atoms with van der Waals surface area (Å²) in [5, 5.41) is 13.1. The Kier molecular flexibility index (Phi) is 3.27. The van der Waals surface area contributed by atoms with Crippen LogP contribution in [0.25, 0.3) is 0 Å². The van der Waals surface area contributed by atoms with Gasteiger partial charge in [0.15, 0.2) is 0 Å². The minimum Gasteiger partial charge on any atom is -0.508 e. The van der Waals surface area contributed by atoms with E-state index < -0.39 is 0 Å². The first-order valence-electron chi connectivity index (χ1n) is 5.77. The predicted octanol–water partition coefficient (Wildman–Crippen LogP) is 2.73. The number of nitrogens with one attached hydrogen (secondary N) is 1. The van der Waals surface area contributed by atoms with Crippen molar-refractivity contribution in [1.82, 2.24) is 5.32 Å². The fourth-order valence-corrected chi connectivity index (χ4v) is 2.16. The Morgan fingerprint density at radius 2 is 2.07 bits per heavy atom. The molecular weight excluding hydrogens is 186 g/mol. The van der Waals surface area contributed by atoms with Crippen molar-refractivity contribution >= 4 is 0 Å². The molecule has 1 aliphatic rings. The topological polar surface area (TPSA) is 32.3 Å². The van der Waals surface area contributed by atoms with Crippen LogP contribution in [0.4, 0.5) is 0 Å². The van der Waals surface area contributed by atoms with Gasteiger partial charge in [0, 0.05) is 12.6 Å². The lowest BCUT2D eigenvalue weighted by Crippen LogP contribution is -2.25. The number of rotatable bonds is 3.